The molecule has 2 heteroatoms. The minimum absolute atomic E-state index is 1.27. The summed E-state index contributed by atoms with van der Waals surface area (Å²) in [6, 6.07) is 68.5. The van der Waals surface area contributed by atoms with Crippen molar-refractivity contribution in [3.05, 3.63) is 182 Å². The molecule has 6 aromatic rings. The fourth-order valence-corrected chi connectivity index (χ4v) is 18.6. The van der Waals surface area contributed by atoms with E-state index in [4.69, 9.17) is 0 Å². The van der Waals surface area contributed by atoms with Gasteiger partial charge in [0.05, 0.1) is 0 Å². The van der Waals surface area contributed by atoms with Gasteiger partial charge in [-0.25, -0.2) is 0 Å². The first-order chi connectivity index (χ1) is 25.8. The van der Waals surface area contributed by atoms with Crippen LogP contribution in [0.1, 0.15) is 77.0 Å². The predicted octanol–water partition coefficient (Wildman–Crippen LogP) is 11.1. The normalized spacial score (nSPS) is 12.4. The van der Waals surface area contributed by atoms with Gasteiger partial charge in [-0.15, -0.1) is 0 Å². The predicted molar refractivity (Wildman–Crippen MR) is 238 cm³/mol. The summed E-state index contributed by atoms with van der Waals surface area (Å²) in [5, 5.41) is 9.24. The number of benzene rings is 6. The summed E-state index contributed by atoms with van der Waals surface area (Å²) >= 11 is 0. The molecule has 0 unspecified atom stereocenters. The molecule has 0 atom stereocenters. The Labute approximate surface area is 316 Å². The molecule has 6 aromatic carbocycles. The molecule has 0 spiro atoms. The molecule has 0 saturated heterocycles. The van der Waals surface area contributed by atoms with Crippen LogP contribution in [0, 0.1) is 0 Å². The Morgan fingerprint density at radius 1 is 0.192 bits per heavy atom. The van der Waals surface area contributed by atoms with Crippen molar-refractivity contribution in [2.45, 2.75) is 77.0 Å². The van der Waals surface area contributed by atoms with Gasteiger partial charge in [0.15, 0.2) is 0 Å². The van der Waals surface area contributed by atoms with Crippen molar-refractivity contribution >= 4 is 46.4 Å². The van der Waals surface area contributed by atoms with Crippen molar-refractivity contribution in [1.82, 2.24) is 0 Å². The third-order valence-electron chi connectivity index (χ3n) is 11.5. The molecule has 0 aliphatic heterocycles. The summed E-state index contributed by atoms with van der Waals surface area (Å²) < 4.78 is 0. The zero-order chi connectivity index (χ0) is 35.6. The van der Waals surface area contributed by atoms with Crippen molar-refractivity contribution < 1.29 is 0 Å². The monoisotopic (exact) mass is 722 g/mol. The van der Waals surface area contributed by atoms with E-state index in [2.05, 4.69) is 182 Å². The third-order valence-corrected chi connectivity index (χ3v) is 21.6. The number of rotatable bonds is 21. The van der Waals surface area contributed by atoms with E-state index >= 15 is 0 Å². The van der Waals surface area contributed by atoms with Crippen molar-refractivity contribution in [2.24, 2.45) is 0 Å². The fourth-order valence-electron chi connectivity index (χ4n) is 8.75. The van der Waals surface area contributed by atoms with E-state index in [9.17, 15) is 0 Å². The number of unbranched alkanes of at least 4 members (excludes halogenated alkanes) is 11. The topological polar surface area (TPSA) is 0 Å². The van der Waals surface area contributed by atoms with Crippen molar-refractivity contribution in [2.75, 3.05) is 12.3 Å². The Kier molecular flexibility index (Phi) is 14.9. The Morgan fingerprint density at radius 3 is 0.519 bits per heavy atom. The van der Waals surface area contributed by atoms with Crippen LogP contribution in [0.2, 0.25) is 0 Å². The zero-order valence-electron chi connectivity index (χ0n) is 31.2. The average molecular weight is 723 g/mol. The van der Waals surface area contributed by atoms with E-state index in [1.165, 1.54) is 121 Å². The van der Waals surface area contributed by atoms with Gasteiger partial charge >= 0.3 is 318 Å². The molecule has 270 valence electrons. The second kappa shape index (κ2) is 20.4. The molecular formula is C50H60P2. The van der Waals surface area contributed by atoms with Crippen LogP contribution in [-0.2, 0) is 0 Å². The van der Waals surface area contributed by atoms with E-state index in [1.807, 2.05) is 0 Å². The molecule has 0 nitrogen and oxygen atoms in total. The van der Waals surface area contributed by atoms with E-state index in [-0.39, 0.29) is 0 Å². The molecular weight excluding hydrogens is 662 g/mol. The zero-order valence-corrected chi connectivity index (χ0v) is 33.2. The van der Waals surface area contributed by atoms with Crippen LogP contribution in [0.25, 0.3) is 0 Å². The van der Waals surface area contributed by atoms with E-state index in [1.54, 1.807) is 0 Å². The van der Waals surface area contributed by atoms with E-state index in [0.29, 0.717) is 0 Å². The van der Waals surface area contributed by atoms with Crippen LogP contribution in [0.3, 0.4) is 0 Å². The quantitative estimate of drug-likeness (QED) is 0.0513. The Hall–Kier alpha value is -3.82. The van der Waals surface area contributed by atoms with Gasteiger partial charge in [-0.05, 0) is 0 Å². The fraction of sp³-hybridized carbons (Fsp3) is 0.280. The van der Waals surface area contributed by atoms with Gasteiger partial charge in [-0.1, -0.05) is 0 Å². The van der Waals surface area contributed by atoms with Crippen molar-refractivity contribution in [3.8, 4) is 0 Å². The minimum atomic E-state index is -2.08. The van der Waals surface area contributed by atoms with Gasteiger partial charge in [0.25, 0.3) is 0 Å². The Bertz CT molecular complexity index is 1480. The van der Waals surface area contributed by atoms with Crippen molar-refractivity contribution in [3.63, 3.8) is 0 Å². The molecule has 52 heavy (non-hydrogen) atoms. The molecule has 0 N–H and O–H groups in total. The average Bonchev–Trinajstić information content (AvgIpc) is 3.23. The summed E-state index contributed by atoms with van der Waals surface area (Å²) in [7, 11) is -4.17. The van der Waals surface area contributed by atoms with Gasteiger partial charge in [0.2, 0.25) is 0 Å². The van der Waals surface area contributed by atoms with Gasteiger partial charge in [0, 0.05) is 0 Å². The molecule has 0 aliphatic rings. The maximum absolute atomic E-state index is 2.39. The van der Waals surface area contributed by atoms with Crippen LogP contribution in [0.15, 0.2) is 182 Å². The molecule has 0 radical (unpaired) electrons. The molecule has 0 aliphatic carbocycles. The van der Waals surface area contributed by atoms with Crippen LogP contribution in [0.4, 0.5) is 0 Å². The van der Waals surface area contributed by atoms with Crippen LogP contribution < -0.4 is 31.8 Å². The van der Waals surface area contributed by atoms with Gasteiger partial charge in [0.1, 0.15) is 0 Å². The number of hydrogen-bond acceptors (Lipinski definition) is 0. The summed E-state index contributed by atoms with van der Waals surface area (Å²) in [6.07, 6.45) is 18.8. The first kappa shape index (κ1) is 37.9. The maximum atomic E-state index is 2.39. The third kappa shape index (κ3) is 9.58. The molecule has 0 saturated carbocycles. The SMILES string of the molecule is c1ccc([PH](CCCCCCCCCCCCCC[PH](c2ccccc2)(c2ccccc2)c2ccccc2)(c2ccccc2)c2ccccc2)cc1. The van der Waals surface area contributed by atoms with Gasteiger partial charge < -0.3 is 0 Å². The molecule has 0 amide bonds. The van der Waals surface area contributed by atoms with E-state index < -0.39 is 14.5 Å². The van der Waals surface area contributed by atoms with E-state index in [0.717, 1.165) is 0 Å². The molecule has 0 bridgehead atoms. The second-order valence-electron chi connectivity index (χ2n) is 14.7. The van der Waals surface area contributed by atoms with Gasteiger partial charge in [-0.3, -0.25) is 0 Å². The molecule has 6 rings (SSSR count). The standard InChI is InChI=1S/C50H60P2/c1(3-5-7-9-29-43-51(45-31-17-11-18-32-45,46-33-19-12-20-34-46)47-35-21-13-22-36-47)2-4-6-8-10-30-44-52(48-37-23-14-24-38-48,49-39-25-15-26-40-49)50-41-27-16-28-42-50/h11-28,31-42,51-52H,1-10,29-30,43-44H2. The molecule has 0 heterocycles. The first-order valence-corrected chi connectivity index (χ1v) is 24.6. The summed E-state index contributed by atoms with van der Waals surface area (Å²) in [5.41, 5.74) is 0. The van der Waals surface area contributed by atoms with Crippen LogP contribution in [0.5, 0.6) is 0 Å². The Morgan fingerprint density at radius 2 is 0.346 bits per heavy atom. The summed E-state index contributed by atoms with van der Waals surface area (Å²) in [6.45, 7) is 0. The summed E-state index contributed by atoms with van der Waals surface area (Å²) in [4.78, 5) is 0. The summed E-state index contributed by atoms with van der Waals surface area (Å²) in [5.74, 6) is 0. The second-order valence-corrected chi connectivity index (χ2v) is 22.8. The van der Waals surface area contributed by atoms with Gasteiger partial charge in [-0.2, -0.15) is 0 Å². The first-order valence-electron chi connectivity index (χ1n) is 20.2. The van der Waals surface area contributed by atoms with Crippen LogP contribution >= 0.6 is 14.5 Å². The molecule has 0 aromatic heterocycles. The van der Waals surface area contributed by atoms with Crippen LogP contribution in [-0.4, -0.2) is 12.3 Å². The number of hydrogen-bond donors (Lipinski definition) is 0. The molecule has 0 fully saturated rings. The Balaban J connectivity index is 0.926. The van der Waals surface area contributed by atoms with Crippen molar-refractivity contribution in [1.29, 1.82) is 0 Å².